The van der Waals surface area contributed by atoms with Crippen LogP contribution < -0.4 is 5.73 Å². The number of halogens is 1. The first kappa shape index (κ1) is 11.8. The van der Waals surface area contributed by atoms with Crippen molar-refractivity contribution in [3.63, 3.8) is 0 Å². The first-order valence-electron chi connectivity index (χ1n) is 6.49. The highest BCUT2D eigenvalue weighted by Crippen LogP contribution is 2.38. The molecule has 1 heterocycles. The zero-order valence-corrected chi connectivity index (χ0v) is 11.0. The zero-order valence-electron chi connectivity index (χ0n) is 10.2. The number of benzene rings is 1. The van der Waals surface area contributed by atoms with E-state index in [4.69, 9.17) is 17.3 Å². The van der Waals surface area contributed by atoms with Crippen LogP contribution >= 0.6 is 11.6 Å². The average molecular weight is 265 g/mol. The van der Waals surface area contributed by atoms with Crippen LogP contribution in [0.25, 0.3) is 0 Å². The fraction of sp³-hybridized carbons (Fsp3) is 0.500. The van der Waals surface area contributed by atoms with Crippen LogP contribution in [0.4, 0.5) is 5.69 Å². The number of anilines is 1. The van der Waals surface area contributed by atoms with E-state index in [1.807, 2.05) is 4.90 Å². The quantitative estimate of drug-likeness (QED) is 0.793. The lowest BCUT2D eigenvalue weighted by Crippen LogP contribution is -2.29. The number of carbonyl (C=O) groups is 1. The number of likely N-dealkylation sites (tertiary alicyclic amines) is 1. The van der Waals surface area contributed by atoms with E-state index in [2.05, 4.69) is 0 Å². The monoisotopic (exact) mass is 264 g/mol. The Morgan fingerprint density at radius 3 is 2.61 bits per heavy atom. The molecule has 1 amide bonds. The third-order valence-electron chi connectivity index (χ3n) is 4.23. The maximum absolute atomic E-state index is 12.4. The lowest BCUT2D eigenvalue weighted by atomic mass is 10.0. The van der Waals surface area contributed by atoms with Gasteiger partial charge in [0.1, 0.15) is 0 Å². The zero-order chi connectivity index (χ0) is 12.7. The van der Waals surface area contributed by atoms with Crippen LogP contribution in [0.3, 0.4) is 0 Å². The van der Waals surface area contributed by atoms with Crippen molar-refractivity contribution in [3.05, 3.63) is 28.8 Å². The molecular formula is C14H17ClN2O. The Balaban J connectivity index is 1.81. The highest BCUT2D eigenvalue weighted by molar-refractivity contribution is 6.34. The van der Waals surface area contributed by atoms with Gasteiger partial charge >= 0.3 is 0 Å². The standard InChI is InChI=1S/C14H17ClN2O/c15-13-5-4-11(16)6-12(13)14(18)17-7-9-2-1-3-10(9)8-17/h4-6,9-10H,1-3,7-8,16H2. The van der Waals surface area contributed by atoms with Gasteiger partial charge in [0.2, 0.25) is 0 Å². The van der Waals surface area contributed by atoms with Gasteiger partial charge in [0.15, 0.2) is 0 Å². The molecule has 2 fully saturated rings. The van der Waals surface area contributed by atoms with E-state index in [9.17, 15) is 4.79 Å². The van der Waals surface area contributed by atoms with Crippen molar-refractivity contribution in [1.29, 1.82) is 0 Å². The van der Waals surface area contributed by atoms with Crippen molar-refractivity contribution >= 4 is 23.2 Å². The van der Waals surface area contributed by atoms with Crippen molar-refractivity contribution in [2.45, 2.75) is 19.3 Å². The molecule has 1 saturated carbocycles. The van der Waals surface area contributed by atoms with Crippen molar-refractivity contribution in [3.8, 4) is 0 Å². The normalized spacial score (nSPS) is 26.4. The molecule has 4 heteroatoms. The van der Waals surface area contributed by atoms with Crippen molar-refractivity contribution in [1.82, 2.24) is 4.90 Å². The Hall–Kier alpha value is -1.22. The van der Waals surface area contributed by atoms with E-state index < -0.39 is 0 Å². The lowest BCUT2D eigenvalue weighted by Gasteiger charge is -2.18. The number of amides is 1. The maximum atomic E-state index is 12.4. The number of nitrogen functional groups attached to an aromatic ring is 1. The fourth-order valence-corrected chi connectivity index (χ4v) is 3.48. The highest BCUT2D eigenvalue weighted by atomic mass is 35.5. The Bertz CT molecular complexity index is 477. The van der Waals surface area contributed by atoms with Crippen molar-refractivity contribution < 1.29 is 4.79 Å². The van der Waals surface area contributed by atoms with E-state index in [-0.39, 0.29) is 5.91 Å². The molecule has 2 atom stereocenters. The summed E-state index contributed by atoms with van der Waals surface area (Å²) in [6.45, 7) is 1.77. The number of carbonyl (C=O) groups excluding carboxylic acids is 1. The molecule has 2 N–H and O–H groups in total. The number of hydrogen-bond acceptors (Lipinski definition) is 2. The minimum absolute atomic E-state index is 0.0294. The van der Waals surface area contributed by atoms with Crippen LogP contribution in [0.1, 0.15) is 29.6 Å². The number of nitrogens with two attached hydrogens (primary N) is 1. The van der Waals surface area contributed by atoms with Gasteiger partial charge in [0, 0.05) is 18.8 Å². The maximum Gasteiger partial charge on any atom is 0.255 e. The number of hydrogen-bond donors (Lipinski definition) is 1. The summed E-state index contributed by atoms with van der Waals surface area (Å²) in [7, 11) is 0. The summed E-state index contributed by atoms with van der Waals surface area (Å²) in [4.78, 5) is 14.4. The molecule has 2 aliphatic rings. The largest absolute Gasteiger partial charge is 0.399 e. The Kier molecular flexibility index (Phi) is 2.94. The van der Waals surface area contributed by atoms with Gasteiger partial charge in [-0.25, -0.2) is 0 Å². The van der Waals surface area contributed by atoms with Crippen LogP contribution in [0.5, 0.6) is 0 Å². The first-order valence-corrected chi connectivity index (χ1v) is 6.87. The average Bonchev–Trinajstić information content (AvgIpc) is 2.91. The molecule has 0 radical (unpaired) electrons. The smallest absolute Gasteiger partial charge is 0.255 e. The molecule has 3 rings (SSSR count). The molecule has 1 aromatic carbocycles. The third-order valence-corrected chi connectivity index (χ3v) is 4.56. The third kappa shape index (κ3) is 1.97. The van der Waals surface area contributed by atoms with Crippen LogP contribution in [0.15, 0.2) is 18.2 Å². The summed E-state index contributed by atoms with van der Waals surface area (Å²) in [5.41, 5.74) is 6.85. The highest BCUT2D eigenvalue weighted by Gasteiger charge is 2.38. The van der Waals surface area contributed by atoms with Gasteiger partial charge in [-0.3, -0.25) is 4.79 Å². The van der Waals surface area contributed by atoms with Crippen molar-refractivity contribution in [2.24, 2.45) is 11.8 Å². The van der Waals surface area contributed by atoms with Crippen LogP contribution in [-0.4, -0.2) is 23.9 Å². The van der Waals surface area contributed by atoms with E-state index in [0.717, 1.165) is 13.1 Å². The van der Waals surface area contributed by atoms with Gasteiger partial charge < -0.3 is 10.6 Å². The predicted octanol–water partition coefficient (Wildman–Crippen LogP) is 2.79. The SMILES string of the molecule is Nc1ccc(Cl)c(C(=O)N2CC3CCCC3C2)c1. The summed E-state index contributed by atoms with van der Waals surface area (Å²) in [5, 5.41) is 0.492. The first-order chi connectivity index (χ1) is 8.65. The molecule has 0 bridgehead atoms. The lowest BCUT2D eigenvalue weighted by molar-refractivity contribution is 0.0781. The molecule has 1 aliphatic heterocycles. The van der Waals surface area contributed by atoms with E-state index in [1.54, 1.807) is 18.2 Å². The molecule has 2 unspecified atom stereocenters. The topological polar surface area (TPSA) is 46.3 Å². The molecule has 18 heavy (non-hydrogen) atoms. The van der Waals surface area contributed by atoms with Crippen LogP contribution in [0.2, 0.25) is 5.02 Å². The number of rotatable bonds is 1. The second-order valence-electron chi connectivity index (χ2n) is 5.40. The van der Waals surface area contributed by atoms with Crippen molar-refractivity contribution in [2.75, 3.05) is 18.8 Å². The summed E-state index contributed by atoms with van der Waals surface area (Å²) < 4.78 is 0. The van der Waals surface area contributed by atoms with Gasteiger partial charge in [-0.15, -0.1) is 0 Å². The number of nitrogens with zero attached hydrogens (tertiary/aromatic N) is 1. The molecule has 0 aromatic heterocycles. The van der Waals surface area contributed by atoms with Gasteiger partial charge in [0.05, 0.1) is 10.6 Å². The Morgan fingerprint density at radius 2 is 1.94 bits per heavy atom. The molecule has 3 nitrogen and oxygen atoms in total. The number of fused-ring (bicyclic) bond motifs is 1. The summed E-state index contributed by atoms with van der Waals surface area (Å²) >= 11 is 6.09. The Morgan fingerprint density at radius 1 is 1.28 bits per heavy atom. The molecule has 1 saturated heterocycles. The molecular weight excluding hydrogens is 248 g/mol. The molecule has 1 aliphatic carbocycles. The summed E-state index contributed by atoms with van der Waals surface area (Å²) in [5.74, 6) is 1.43. The minimum Gasteiger partial charge on any atom is -0.399 e. The minimum atomic E-state index is 0.0294. The fourth-order valence-electron chi connectivity index (χ4n) is 3.28. The van der Waals surface area contributed by atoms with Gasteiger partial charge in [0.25, 0.3) is 5.91 Å². The van der Waals surface area contributed by atoms with E-state index in [0.29, 0.717) is 28.1 Å². The molecule has 96 valence electrons. The van der Waals surface area contributed by atoms with E-state index >= 15 is 0 Å². The second-order valence-corrected chi connectivity index (χ2v) is 5.81. The molecule has 1 aromatic rings. The van der Waals surface area contributed by atoms with Gasteiger partial charge in [-0.2, -0.15) is 0 Å². The Labute approximate surface area is 112 Å². The van der Waals surface area contributed by atoms with Crippen LogP contribution in [0, 0.1) is 11.8 Å². The summed E-state index contributed by atoms with van der Waals surface area (Å²) in [6, 6.07) is 5.09. The van der Waals surface area contributed by atoms with Gasteiger partial charge in [-0.1, -0.05) is 18.0 Å². The second kappa shape index (κ2) is 4.47. The molecule has 0 spiro atoms. The van der Waals surface area contributed by atoms with Gasteiger partial charge in [-0.05, 0) is 42.9 Å². The van der Waals surface area contributed by atoms with Crippen LogP contribution in [-0.2, 0) is 0 Å². The summed E-state index contributed by atoms with van der Waals surface area (Å²) in [6.07, 6.45) is 3.84. The van der Waals surface area contributed by atoms with E-state index in [1.165, 1.54) is 19.3 Å². The predicted molar refractivity (Wildman–Crippen MR) is 72.6 cm³/mol.